The number of rotatable bonds is 5. The molecule has 0 aliphatic carbocycles. The second-order valence-electron chi connectivity index (χ2n) is 6.81. The first-order chi connectivity index (χ1) is 14.4. The van der Waals surface area contributed by atoms with Gasteiger partial charge in [0.05, 0.1) is 23.8 Å². The molecule has 0 aromatic heterocycles. The van der Waals surface area contributed by atoms with Gasteiger partial charge >= 0.3 is 0 Å². The largest absolute Gasteiger partial charge is 0.490 e. The SMILES string of the molecule is O=S(=O)(Nc1ccc(Cl)cc1[C@@H](O)c1ccccc1)c1ccc2c(c1)OCCCO2. The fourth-order valence-electron chi connectivity index (χ4n) is 3.18. The second-order valence-corrected chi connectivity index (χ2v) is 8.93. The molecule has 0 radical (unpaired) electrons. The summed E-state index contributed by atoms with van der Waals surface area (Å²) in [6.07, 6.45) is -0.327. The third kappa shape index (κ3) is 4.38. The van der Waals surface area contributed by atoms with Gasteiger partial charge in [-0.25, -0.2) is 8.42 Å². The van der Waals surface area contributed by atoms with Crippen molar-refractivity contribution in [2.45, 2.75) is 17.4 Å². The smallest absolute Gasteiger partial charge is 0.262 e. The summed E-state index contributed by atoms with van der Waals surface area (Å²) in [6, 6.07) is 18.1. The van der Waals surface area contributed by atoms with Crippen molar-refractivity contribution in [3.63, 3.8) is 0 Å². The van der Waals surface area contributed by atoms with Crippen LogP contribution in [0, 0.1) is 0 Å². The molecule has 2 N–H and O–H groups in total. The zero-order chi connectivity index (χ0) is 21.1. The topological polar surface area (TPSA) is 84.9 Å². The maximum Gasteiger partial charge on any atom is 0.262 e. The van der Waals surface area contributed by atoms with Crippen LogP contribution in [0.15, 0.2) is 71.6 Å². The van der Waals surface area contributed by atoms with Gasteiger partial charge in [-0.1, -0.05) is 41.9 Å². The van der Waals surface area contributed by atoms with Crippen molar-refractivity contribution in [3.8, 4) is 11.5 Å². The molecule has 30 heavy (non-hydrogen) atoms. The van der Waals surface area contributed by atoms with E-state index in [-0.39, 0.29) is 10.6 Å². The number of hydrogen-bond donors (Lipinski definition) is 2. The lowest BCUT2D eigenvalue weighted by Gasteiger charge is -2.18. The van der Waals surface area contributed by atoms with Gasteiger partial charge in [-0.2, -0.15) is 0 Å². The number of fused-ring (bicyclic) bond motifs is 1. The number of hydrogen-bond acceptors (Lipinski definition) is 5. The summed E-state index contributed by atoms with van der Waals surface area (Å²) < 4.78 is 39.8. The minimum Gasteiger partial charge on any atom is -0.490 e. The zero-order valence-electron chi connectivity index (χ0n) is 15.9. The number of benzene rings is 3. The van der Waals surface area contributed by atoms with Crippen LogP contribution in [0.2, 0.25) is 5.02 Å². The highest BCUT2D eigenvalue weighted by Crippen LogP contribution is 2.35. The monoisotopic (exact) mass is 445 g/mol. The standard InChI is InChI=1S/C22H20ClNO5S/c23-16-7-9-19(18(13-16)22(25)15-5-2-1-3-6-15)24-30(26,27)17-8-10-20-21(14-17)29-12-4-11-28-20/h1-3,5-10,13-14,22,24-25H,4,11-12H2/t22-/m0/s1. The fraction of sp³-hybridized carbons (Fsp3) is 0.182. The van der Waals surface area contributed by atoms with Gasteiger partial charge in [0.15, 0.2) is 11.5 Å². The van der Waals surface area contributed by atoms with E-state index in [9.17, 15) is 13.5 Å². The quantitative estimate of drug-likeness (QED) is 0.608. The van der Waals surface area contributed by atoms with Gasteiger partial charge < -0.3 is 14.6 Å². The normalized spacial score (nSPS) is 14.6. The first-order valence-corrected chi connectivity index (χ1v) is 11.2. The Bertz CT molecular complexity index is 1150. The Morgan fingerprint density at radius 3 is 2.43 bits per heavy atom. The number of nitrogens with one attached hydrogen (secondary N) is 1. The van der Waals surface area contributed by atoms with E-state index in [2.05, 4.69) is 4.72 Å². The first kappa shape index (κ1) is 20.5. The van der Waals surface area contributed by atoms with Crippen LogP contribution in [-0.4, -0.2) is 26.7 Å². The average molecular weight is 446 g/mol. The molecule has 1 aliphatic rings. The number of sulfonamides is 1. The van der Waals surface area contributed by atoms with Crippen LogP contribution >= 0.6 is 11.6 Å². The number of anilines is 1. The molecule has 1 aliphatic heterocycles. The Kier molecular flexibility index (Phi) is 5.85. The molecule has 3 aromatic carbocycles. The van der Waals surface area contributed by atoms with E-state index >= 15 is 0 Å². The number of aliphatic hydroxyl groups is 1. The molecule has 0 fully saturated rings. The highest BCUT2D eigenvalue weighted by molar-refractivity contribution is 7.92. The molecular formula is C22H20ClNO5S. The Hall–Kier alpha value is -2.74. The lowest BCUT2D eigenvalue weighted by molar-refractivity contribution is 0.221. The van der Waals surface area contributed by atoms with Crippen molar-refractivity contribution in [2.24, 2.45) is 0 Å². The van der Waals surface area contributed by atoms with E-state index in [1.807, 2.05) is 6.07 Å². The molecule has 0 unspecified atom stereocenters. The molecule has 0 bridgehead atoms. The number of ether oxygens (including phenoxy) is 2. The van der Waals surface area contributed by atoms with Crippen molar-refractivity contribution < 1.29 is 23.0 Å². The predicted molar refractivity (Wildman–Crippen MR) is 115 cm³/mol. The van der Waals surface area contributed by atoms with Crippen LogP contribution in [0.25, 0.3) is 0 Å². The Balaban J connectivity index is 1.68. The van der Waals surface area contributed by atoms with Crippen LogP contribution in [0.3, 0.4) is 0 Å². The van der Waals surface area contributed by atoms with Crippen LogP contribution in [0.4, 0.5) is 5.69 Å². The molecule has 0 saturated carbocycles. The lowest BCUT2D eigenvalue weighted by Crippen LogP contribution is -2.15. The molecule has 3 aromatic rings. The fourth-order valence-corrected chi connectivity index (χ4v) is 4.47. The van der Waals surface area contributed by atoms with Gasteiger partial charge in [-0.3, -0.25) is 4.72 Å². The van der Waals surface area contributed by atoms with E-state index in [0.29, 0.717) is 40.9 Å². The molecule has 0 spiro atoms. The third-order valence-electron chi connectivity index (χ3n) is 4.70. The molecule has 8 heteroatoms. The lowest BCUT2D eigenvalue weighted by atomic mass is 10.0. The first-order valence-electron chi connectivity index (χ1n) is 9.39. The summed E-state index contributed by atoms with van der Waals surface area (Å²) in [7, 11) is -3.95. The minimum atomic E-state index is -3.95. The van der Waals surface area contributed by atoms with Gasteiger partial charge in [0, 0.05) is 23.1 Å². The summed E-state index contributed by atoms with van der Waals surface area (Å²) in [5, 5.41) is 11.2. The van der Waals surface area contributed by atoms with Crippen LogP contribution in [-0.2, 0) is 10.0 Å². The Morgan fingerprint density at radius 1 is 0.933 bits per heavy atom. The molecule has 0 amide bonds. The minimum absolute atomic E-state index is 0.0295. The van der Waals surface area contributed by atoms with Gasteiger partial charge in [0.2, 0.25) is 0 Å². The highest BCUT2D eigenvalue weighted by Gasteiger charge is 2.22. The summed E-state index contributed by atoms with van der Waals surface area (Å²) in [6.45, 7) is 0.970. The Labute approximate surface area is 180 Å². The third-order valence-corrected chi connectivity index (χ3v) is 6.30. The molecule has 1 heterocycles. The van der Waals surface area contributed by atoms with Gasteiger partial charge in [-0.05, 0) is 35.9 Å². The molecule has 1 atom stereocenters. The molecule has 6 nitrogen and oxygen atoms in total. The van der Waals surface area contributed by atoms with E-state index in [0.717, 1.165) is 6.42 Å². The van der Waals surface area contributed by atoms with E-state index < -0.39 is 16.1 Å². The van der Waals surface area contributed by atoms with E-state index in [1.165, 1.54) is 18.2 Å². The molecule has 156 valence electrons. The summed E-state index contributed by atoms with van der Waals surface area (Å²) >= 11 is 6.11. The molecular weight excluding hydrogens is 426 g/mol. The summed E-state index contributed by atoms with van der Waals surface area (Å²) in [5.41, 5.74) is 1.21. The van der Waals surface area contributed by atoms with Crippen LogP contribution in [0.5, 0.6) is 11.5 Å². The van der Waals surface area contributed by atoms with Crippen molar-refractivity contribution in [1.29, 1.82) is 0 Å². The molecule has 0 saturated heterocycles. The summed E-state index contributed by atoms with van der Waals surface area (Å²) in [5.74, 6) is 0.897. The van der Waals surface area contributed by atoms with Crippen molar-refractivity contribution in [3.05, 3.63) is 82.9 Å². The van der Waals surface area contributed by atoms with Gasteiger partial charge in [0.25, 0.3) is 10.0 Å². The number of halogens is 1. The van der Waals surface area contributed by atoms with E-state index in [4.69, 9.17) is 21.1 Å². The van der Waals surface area contributed by atoms with E-state index in [1.54, 1.807) is 42.5 Å². The molecule has 4 rings (SSSR count). The highest BCUT2D eigenvalue weighted by atomic mass is 35.5. The maximum atomic E-state index is 13.0. The van der Waals surface area contributed by atoms with Crippen molar-refractivity contribution >= 4 is 27.3 Å². The predicted octanol–water partition coefficient (Wildman–Crippen LogP) is 4.38. The Morgan fingerprint density at radius 2 is 1.67 bits per heavy atom. The van der Waals surface area contributed by atoms with Crippen LogP contribution < -0.4 is 14.2 Å². The maximum absolute atomic E-state index is 13.0. The summed E-state index contributed by atoms with van der Waals surface area (Å²) in [4.78, 5) is 0.0295. The van der Waals surface area contributed by atoms with Crippen molar-refractivity contribution in [1.82, 2.24) is 0 Å². The number of aliphatic hydroxyl groups excluding tert-OH is 1. The van der Waals surface area contributed by atoms with Gasteiger partial charge in [-0.15, -0.1) is 0 Å². The average Bonchev–Trinajstić information content (AvgIpc) is 3.00. The van der Waals surface area contributed by atoms with Crippen LogP contribution in [0.1, 0.15) is 23.7 Å². The van der Waals surface area contributed by atoms with Crippen molar-refractivity contribution in [2.75, 3.05) is 17.9 Å². The zero-order valence-corrected chi connectivity index (χ0v) is 17.5. The van der Waals surface area contributed by atoms with Gasteiger partial charge in [0.1, 0.15) is 6.10 Å². The second kappa shape index (κ2) is 8.55.